The molecule has 0 bridgehead atoms. The quantitative estimate of drug-likeness (QED) is 0.272. The fraction of sp³-hybridized carbons (Fsp3) is 0.364. The summed E-state index contributed by atoms with van der Waals surface area (Å²) >= 11 is 6.25. The number of hydrogen-bond donors (Lipinski definition) is 0. The molecule has 0 N–H and O–H groups in total. The summed E-state index contributed by atoms with van der Waals surface area (Å²) in [6, 6.07) is 21.2. The van der Waals surface area contributed by atoms with Crippen molar-refractivity contribution >= 4 is 40.7 Å². The van der Waals surface area contributed by atoms with Crippen molar-refractivity contribution in [2.45, 2.75) is 25.7 Å². The molecule has 8 nitrogen and oxygen atoms in total. The Kier molecular flexibility index (Phi) is 11.0. The van der Waals surface area contributed by atoms with Crippen LogP contribution in [0.4, 0.5) is 11.4 Å². The van der Waals surface area contributed by atoms with E-state index in [4.69, 9.17) is 16.3 Å². The molecule has 1 heterocycles. The van der Waals surface area contributed by atoms with E-state index in [1.54, 1.807) is 73.6 Å². The lowest BCUT2D eigenvalue weighted by molar-refractivity contribution is -0.132. The van der Waals surface area contributed by atoms with Gasteiger partial charge in [0.25, 0.3) is 11.8 Å². The highest BCUT2D eigenvalue weighted by Crippen LogP contribution is 2.32. The van der Waals surface area contributed by atoms with Crippen LogP contribution in [-0.4, -0.2) is 81.5 Å². The van der Waals surface area contributed by atoms with Gasteiger partial charge >= 0.3 is 0 Å². The van der Waals surface area contributed by atoms with E-state index in [0.717, 1.165) is 45.4 Å². The van der Waals surface area contributed by atoms with Crippen LogP contribution in [0.1, 0.15) is 46.4 Å². The number of hydrogen-bond acceptors (Lipinski definition) is 5. The number of halogens is 1. The topological polar surface area (TPSA) is 73.4 Å². The highest BCUT2D eigenvalue weighted by atomic mass is 35.5. The van der Waals surface area contributed by atoms with Gasteiger partial charge in [-0.05, 0) is 74.8 Å². The molecule has 4 rings (SSSR count). The molecular weight excluding hydrogens is 552 g/mol. The number of nitrogens with zero attached hydrogens (tertiary/aromatic N) is 4. The fourth-order valence-corrected chi connectivity index (χ4v) is 5.02. The van der Waals surface area contributed by atoms with E-state index in [1.807, 2.05) is 23.1 Å². The van der Waals surface area contributed by atoms with Crippen LogP contribution in [0.2, 0.25) is 5.02 Å². The SMILES string of the molecule is CN1CCN(C(=O)CCCCCOc2cc(Cl)ccc2N(C)C(=O)c2ccc(N(C)C(=O)c3ccccc3)cc2)CC1. The molecule has 0 unspecified atom stereocenters. The Hall–Kier alpha value is -3.88. The zero-order valence-electron chi connectivity index (χ0n) is 24.6. The molecule has 3 aromatic carbocycles. The van der Waals surface area contributed by atoms with Crippen molar-refractivity contribution in [3.63, 3.8) is 0 Å². The zero-order chi connectivity index (χ0) is 30.1. The number of likely N-dealkylation sites (N-methyl/N-ethyl adjacent to an activating group) is 1. The van der Waals surface area contributed by atoms with E-state index in [-0.39, 0.29) is 17.7 Å². The summed E-state index contributed by atoms with van der Waals surface area (Å²) in [7, 11) is 5.48. The number of piperazine rings is 1. The predicted octanol–water partition coefficient (Wildman–Crippen LogP) is 5.61. The van der Waals surface area contributed by atoms with Crippen molar-refractivity contribution in [2.24, 2.45) is 0 Å². The molecule has 42 heavy (non-hydrogen) atoms. The van der Waals surface area contributed by atoms with E-state index in [0.29, 0.717) is 46.3 Å². The van der Waals surface area contributed by atoms with Crippen LogP contribution in [0, 0.1) is 0 Å². The third-order valence-electron chi connectivity index (χ3n) is 7.56. The van der Waals surface area contributed by atoms with Gasteiger partial charge in [0.1, 0.15) is 5.75 Å². The van der Waals surface area contributed by atoms with Gasteiger partial charge in [0.2, 0.25) is 5.91 Å². The summed E-state index contributed by atoms with van der Waals surface area (Å²) in [6.07, 6.45) is 3.03. The second kappa shape index (κ2) is 14.8. The van der Waals surface area contributed by atoms with Crippen molar-refractivity contribution in [1.29, 1.82) is 0 Å². The molecule has 1 fully saturated rings. The third-order valence-corrected chi connectivity index (χ3v) is 7.80. The maximum Gasteiger partial charge on any atom is 0.258 e. The number of carbonyl (C=O) groups excluding carboxylic acids is 3. The molecule has 1 saturated heterocycles. The summed E-state index contributed by atoms with van der Waals surface area (Å²) < 4.78 is 6.06. The third kappa shape index (κ3) is 8.11. The summed E-state index contributed by atoms with van der Waals surface area (Å²) in [6.45, 7) is 3.91. The van der Waals surface area contributed by atoms with E-state index in [2.05, 4.69) is 11.9 Å². The molecule has 1 aliphatic heterocycles. The normalized spacial score (nSPS) is 13.5. The largest absolute Gasteiger partial charge is 0.491 e. The Labute approximate surface area is 253 Å². The van der Waals surface area contributed by atoms with Crippen LogP contribution in [0.5, 0.6) is 5.75 Å². The standard InChI is InChI=1S/C33H39ClN4O4/c1-35-19-21-38(22-20-35)31(39)12-8-5-9-23-42-30-24-27(34)15-18-29(30)37(3)33(41)26-13-16-28(17-14-26)36(2)32(40)25-10-6-4-7-11-25/h4,6-7,10-11,13-18,24H,5,8-9,12,19-23H2,1-3H3. The lowest BCUT2D eigenvalue weighted by atomic mass is 10.1. The van der Waals surface area contributed by atoms with Gasteiger partial charge in [0, 0.05) is 74.6 Å². The minimum absolute atomic E-state index is 0.128. The van der Waals surface area contributed by atoms with Crippen molar-refractivity contribution in [2.75, 3.05) is 63.7 Å². The van der Waals surface area contributed by atoms with Gasteiger partial charge in [0.05, 0.1) is 12.3 Å². The first kappa shape index (κ1) is 31.1. The highest BCUT2D eigenvalue weighted by Gasteiger charge is 2.20. The molecule has 0 saturated carbocycles. The van der Waals surface area contributed by atoms with Gasteiger partial charge in [-0.1, -0.05) is 29.8 Å². The predicted molar refractivity (Wildman–Crippen MR) is 168 cm³/mol. The van der Waals surface area contributed by atoms with E-state index in [1.165, 1.54) is 4.90 Å². The molecule has 0 radical (unpaired) electrons. The molecule has 3 amide bonds. The fourth-order valence-electron chi connectivity index (χ4n) is 4.85. The molecule has 1 aliphatic rings. The average molecular weight is 591 g/mol. The number of amides is 3. The van der Waals surface area contributed by atoms with Gasteiger partial charge in [-0.15, -0.1) is 0 Å². The molecular formula is C33H39ClN4O4. The maximum atomic E-state index is 13.4. The molecule has 0 aromatic heterocycles. The zero-order valence-corrected chi connectivity index (χ0v) is 25.3. The summed E-state index contributed by atoms with van der Waals surface area (Å²) in [5, 5.41) is 0.517. The first-order valence-corrected chi connectivity index (χ1v) is 14.7. The second-order valence-corrected chi connectivity index (χ2v) is 11.0. The van der Waals surface area contributed by atoms with Crippen molar-refractivity contribution in [3.8, 4) is 5.75 Å². The first-order chi connectivity index (χ1) is 20.2. The van der Waals surface area contributed by atoms with Gasteiger partial charge in [0.15, 0.2) is 0 Å². The van der Waals surface area contributed by atoms with Gasteiger partial charge in [-0.3, -0.25) is 14.4 Å². The Balaban J connectivity index is 1.30. The molecule has 0 atom stereocenters. The van der Waals surface area contributed by atoms with Crippen LogP contribution in [0.25, 0.3) is 0 Å². The van der Waals surface area contributed by atoms with Gasteiger partial charge in [-0.25, -0.2) is 0 Å². The minimum atomic E-state index is -0.215. The summed E-state index contributed by atoms with van der Waals surface area (Å²) in [4.78, 5) is 45.9. The number of rotatable bonds is 11. The van der Waals surface area contributed by atoms with Gasteiger partial charge < -0.3 is 24.3 Å². The smallest absolute Gasteiger partial charge is 0.258 e. The summed E-state index contributed by atoms with van der Waals surface area (Å²) in [5.74, 6) is 0.407. The number of unbranched alkanes of at least 4 members (excludes halogenated alkanes) is 2. The van der Waals surface area contributed by atoms with Gasteiger partial charge in [-0.2, -0.15) is 0 Å². The van der Waals surface area contributed by atoms with Crippen LogP contribution >= 0.6 is 11.6 Å². The summed E-state index contributed by atoms with van der Waals surface area (Å²) in [5.41, 5.74) is 2.36. The maximum absolute atomic E-state index is 13.4. The second-order valence-electron chi connectivity index (χ2n) is 10.6. The molecule has 3 aromatic rings. The van der Waals surface area contributed by atoms with E-state index in [9.17, 15) is 14.4 Å². The number of ether oxygens (including phenoxy) is 1. The Morgan fingerprint density at radius 1 is 0.786 bits per heavy atom. The average Bonchev–Trinajstić information content (AvgIpc) is 3.02. The van der Waals surface area contributed by atoms with E-state index >= 15 is 0 Å². The Bertz CT molecular complexity index is 1360. The molecule has 0 aliphatic carbocycles. The molecule has 222 valence electrons. The van der Waals surface area contributed by atoms with E-state index < -0.39 is 0 Å². The lowest BCUT2D eigenvalue weighted by Crippen LogP contribution is -2.47. The van der Waals surface area contributed by atoms with Crippen LogP contribution < -0.4 is 14.5 Å². The monoisotopic (exact) mass is 590 g/mol. The molecule has 9 heteroatoms. The molecule has 0 spiro atoms. The number of benzene rings is 3. The van der Waals surface area contributed by atoms with Crippen LogP contribution in [0.15, 0.2) is 72.8 Å². The van der Waals surface area contributed by atoms with Crippen molar-refractivity contribution in [1.82, 2.24) is 9.80 Å². The van der Waals surface area contributed by atoms with Crippen molar-refractivity contribution in [3.05, 3.63) is 88.9 Å². The van der Waals surface area contributed by atoms with Crippen molar-refractivity contribution < 1.29 is 19.1 Å². The first-order valence-electron chi connectivity index (χ1n) is 14.3. The number of anilines is 2. The lowest BCUT2D eigenvalue weighted by Gasteiger charge is -2.32. The van der Waals surface area contributed by atoms with Crippen LogP contribution in [-0.2, 0) is 4.79 Å². The number of carbonyl (C=O) groups is 3. The highest BCUT2D eigenvalue weighted by molar-refractivity contribution is 6.30. The minimum Gasteiger partial charge on any atom is -0.491 e. The van der Waals surface area contributed by atoms with Crippen LogP contribution in [0.3, 0.4) is 0 Å². The Morgan fingerprint density at radius 2 is 1.43 bits per heavy atom. The Morgan fingerprint density at radius 3 is 2.12 bits per heavy atom.